The van der Waals surface area contributed by atoms with Gasteiger partial charge in [-0.1, -0.05) is 6.07 Å². The number of amides is 2. The Labute approximate surface area is 145 Å². The molecule has 2 amide bonds. The van der Waals surface area contributed by atoms with E-state index in [4.69, 9.17) is 4.74 Å². The fourth-order valence-corrected chi connectivity index (χ4v) is 2.58. The minimum absolute atomic E-state index is 0.120. The van der Waals surface area contributed by atoms with E-state index in [1.807, 2.05) is 30.3 Å². The lowest BCUT2D eigenvalue weighted by molar-refractivity contribution is -0.124. The Kier molecular flexibility index (Phi) is 5.25. The molecule has 0 saturated carbocycles. The molecule has 1 fully saturated rings. The number of nitrogens with one attached hydrogen (secondary N) is 3. The van der Waals surface area contributed by atoms with Crippen molar-refractivity contribution in [3.63, 3.8) is 0 Å². The second kappa shape index (κ2) is 7.76. The molecule has 2 aromatic rings. The van der Waals surface area contributed by atoms with Crippen LogP contribution in [-0.4, -0.2) is 29.5 Å². The molecule has 3 N–H and O–H groups in total. The highest BCUT2D eigenvalue weighted by Crippen LogP contribution is 2.21. The molecule has 0 radical (unpaired) electrons. The van der Waals surface area contributed by atoms with E-state index in [0.29, 0.717) is 18.1 Å². The van der Waals surface area contributed by atoms with Gasteiger partial charge in [0.2, 0.25) is 5.91 Å². The van der Waals surface area contributed by atoms with Gasteiger partial charge in [-0.15, -0.1) is 0 Å². The SMILES string of the molecule is CC(=O)Nc1cccc(Nc2ccc(NC(=O)C3CCCO3)nc2)c1. The zero-order valence-electron chi connectivity index (χ0n) is 13.9. The molecule has 0 aliphatic carbocycles. The normalized spacial score (nSPS) is 16.3. The largest absolute Gasteiger partial charge is 0.368 e. The van der Waals surface area contributed by atoms with Crippen LogP contribution in [0.2, 0.25) is 0 Å². The molecule has 1 aromatic carbocycles. The molecule has 7 nitrogen and oxygen atoms in total. The van der Waals surface area contributed by atoms with Gasteiger partial charge in [-0.2, -0.15) is 0 Å². The number of carbonyl (C=O) groups excluding carboxylic acids is 2. The lowest BCUT2D eigenvalue weighted by Crippen LogP contribution is -2.27. The lowest BCUT2D eigenvalue weighted by Gasteiger charge is -2.11. The van der Waals surface area contributed by atoms with Crippen molar-refractivity contribution in [1.82, 2.24) is 4.98 Å². The molecule has 3 rings (SSSR count). The summed E-state index contributed by atoms with van der Waals surface area (Å²) in [5, 5.41) is 8.69. The summed E-state index contributed by atoms with van der Waals surface area (Å²) in [5.41, 5.74) is 2.31. The van der Waals surface area contributed by atoms with Crippen molar-refractivity contribution < 1.29 is 14.3 Å². The Balaban J connectivity index is 1.60. The van der Waals surface area contributed by atoms with E-state index in [9.17, 15) is 9.59 Å². The second-order valence-electron chi connectivity index (χ2n) is 5.81. The minimum atomic E-state index is -0.379. The zero-order chi connectivity index (χ0) is 17.6. The van der Waals surface area contributed by atoms with Gasteiger partial charge in [0.1, 0.15) is 11.9 Å². The molecule has 1 atom stereocenters. The third kappa shape index (κ3) is 4.77. The van der Waals surface area contributed by atoms with Gasteiger partial charge in [-0.3, -0.25) is 9.59 Å². The number of nitrogens with zero attached hydrogens (tertiary/aromatic N) is 1. The predicted molar refractivity (Wildman–Crippen MR) is 95.9 cm³/mol. The number of hydrogen-bond acceptors (Lipinski definition) is 5. The number of ether oxygens (including phenoxy) is 1. The predicted octanol–water partition coefficient (Wildman–Crippen LogP) is 2.90. The number of pyridine rings is 1. The molecule has 2 heterocycles. The van der Waals surface area contributed by atoms with Crippen LogP contribution >= 0.6 is 0 Å². The fourth-order valence-electron chi connectivity index (χ4n) is 2.58. The van der Waals surface area contributed by atoms with Gasteiger partial charge in [0.05, 0.1) is 11.9 Å². The minimum Gasteiger partial charge on any atom is -0.368 e. The first-order chi connectivity index (χ1) is 12.1. The summed E-state index contributed by atoms with van der Waals surface area (Å²) in [7, 11) is 0. The van der Waals surface area contributed by atoms with Crippen molar-refractivity contribution in [3.05, 3.63) is 42.6 Å². The number of rotatable bonds is 5. The summed E-state index contributed by atoms with van der Waals surface area (Å²) in [6.45, 7) is 2.10. The molecule has 1 aliphatic heterocycles. The Morgan fingerprint density at radius 3 is 2.64 bits per heavy atom. The van der Waals surface area contributed by atoms with Crippen molar-refractivity contribution in [3.8, 4) is 0 Å². The standard InChI is InChI=1S/C18H20N4O3/c1-12(23)20-13-4-2-5-14(10-13)21-15-7-8-17(19-11-15)22-18(24)16-6-3-9-25-16/h2,4-5,7-8,10-11,16,21H,3,6,9H2,1H3,(H,20,23)(H,19,22,24). The maximum absolute atomic E-state index is 12.0. The van der Waals surface area contributed by atoms with Gasteiger partial charge in [0.15, 0.2) is 0 Å². The van der Waals surface area contributed by atoms with Crippen LogP contribution in [0.5, 0.6) is 0 Å². The van der Waals surface area contributed by atoms with E-state index < -0.39 is 0 Å². The van der Waals surface area contributed by atoms with Crippen LogP contribution in [-0.2, 0) is 14.3 Å². The van der Waals surface area contributed by atoms with E-state index in [1.54, 1.807) is 12.3 Å². The maximum atomic E-state index is 12.0. The fraction of sp³-hybridized carbons (Fsp3) is 0.278. The van der Waals surface area contributed by atoms with Crippen molar-refractivity contribution >= 4 is 34.7 Å². The molecule has 1 aromatic heterocycles. The van der Waals surface area contributed by atoms with Gasteiger partial charge in [0, 0.05) is 24.9 Å². The average Bonchev–Trinajstić information content (AvgIpc) is 3.11. The molecule has 0 bridgehead atoms. The Bertz CT molecular complexity index is 755. The number of benzene rings is 1. The van der Waals surface area contributed by atoms with E-state index in [1.165, 1.54) is 6.92 Å². The second-order valence-corrected chi connectivity index (χ2v) is 5.81. The van der Waals surface area contributed by atoms with Crippen LogP contribution in [0, 0.1) is 0 Å². The summed E-state index contributed by atoms with van der Waals surface area (Å²) in [6.07, 6.45) is 2.91. The van der Waals surface area contributed by atoms with Crippen LogP contribution in [0.25, 0.3) is 0 Å². The van der Waals surface area contributed by atoms with E-state index >= 15 is 0 Å². The monoisotopic (exact) mass is 340 g/mol. The number of anilines is 4. The van der Waals surface area contributed by atoms with Gasteiger partial charge < -0.3 is 20.7 Å². The number of hydrogen-bond donors (Lipinski definition) is 3. The van der Waals surface area contributed by atoms with Crippen LogP contribution < -0.4 is 16.0 Å². The van der Waals surface area contributed by atoms with Gasteiger partial charge >= 0.3 is 0 Å². The van der Waals surface area contributed by atoms with E-state index in [0.717, 1.165) is 24.2 Å². The Morgan fingerprint density at radius 2 is 1.96 bits per heavy atom. The molecule has 1 aliphatic rings. The Hall–Kier alpha value is -2.93. The topological polar surface area (TPSA) is 92.4 Å². The lowest BCUT2D eigenvalue weighted by atomic mass is 10.2. The van der Waals surface area contributed by atoms with E-state index in [-0.39, 0.29) is 17.9 Å². The number of carbonyl (C=O) groups is 2. The van der Waals surface area contributed by atoms with Crippen LogP contribution in [0.3, 0.4) is 0 Å². The van der Waals surface area contributed by atoms with Gasteiger partial charge in [-0.05, 0) is 43.2 Å². The van der Waals surface area contributed by atoms with Gasteiger partial charge in [-0.25, -0.2) is 4.98 Å². The smallest absolute Gasteiger partial charge is 0.254 e. The highest BCUT2D eigenvalue weighted by molar-refractivity contribution is 5.93. The summed E-state index contributed by atoms with van der Waals surface area (Å²) < 4.78 is 5.35. The van der Waals surface area contributed by atoms with Crippen molar-refractivity contribution in [2.75, 3.05) is 22.6 Å². The molecular formula is C18H20N4O3. The van der Waals surface area contributed by atoms with Gasteiger partial charge in [0.25, 0.3) is 5.91 Å². The van der Waals surface area contributed by atoms with Crippen LogP contribution in [0.1, 0.15) is 19.8 Å². The molecule has 1 unspecified atom stereocenters. The first-order valence-corrected chi connectivity index (χ1v) is 8.13. The number of aromatic nitrogens is 1. The van der Waals surface area contributed by atoms with Crippen LogP contribution in [0.15, 0.2) is 42.6 Å². The van der Waals surface area contributed by atoms with E-state index in [2.05, 4.69) is 20.9 Å². The first-order valence-electron chi connectivity index (χ1n) is 8.13. The maximum Gasteiger partial charge on any atom is 0.254 e. The summed E-state index contributed by atoms with van der Waals surface area (Å²) >= 11 is 0. The summed E-state index contributed by atoms with van der Waals surface area (Å²) in [4.78, 5) is 27.3. The highest BCUT2D eigenvalue weighted by atomic mass is 16.5. The molecule has 25 heavy (non-hydrogen) atoms. The first kappa shape index (κ1) is 16.9. The summed E-state index contributed by atoms with van der Waals surface area (Å²) in [6, 6.07) is 10.9. The molecule has 1 saturated heterocycles. The highest BCUT2D eigenvalue weighted by Gasteiger charge is 2.23. The third-order valence-electron chi connectivity index (χ3n) is 3.71. The quantitative estimate of drug-likeness (QED) is 0.778. The average molecular weight is 340 g/mol. The zero-order valence-corrected chi connectivity index (χ0v) is 13.9. The molecular weight excluding hydrogens is 320 g/mol. The Morgan fingerprint density at radius 1 is 1.12 bits per heavy atom. The summed E-state index contributed by atoms with van der Waals surface area (Å²) in [5.74, 6) is 0.205. The van der Waals surface area contributed by atoms with Crippen molar-refractivity contribution in [2.24, 2.45) is 0 Å². The van der Waals surface area contributed by atoms with Crippen molar-refractivity contribution in [1.29, 1.82) is 0 Å². The van der Waals surface area contributed by atoms with Crippen molar-refractivity contribution in [2.45, 2.75) is 25.9 Å². The molecule has 130 valence electrons. The third-order valence-corrected chi connectivity index (χ3v) is 3.71. The molecule has 0 spiro atoms. The van der Waals surface area contributed by atoms with Crippen LogP contribution in [0.4, 0.5) is 22.9 Å². The molecule has 7 heteroatoms.